The summed E-state index contributed by atoms with van der Waals surface area (Å²) in [7, 11) is 3.31. The largest absolute Gasteiger partial charge is 0.494 e. The second kappa shape index (κ2) is 16.4. The molecule has 0 unspecified atom stereocenters. The number of hydrogen-bond acceptors (Lipinski definition) is 8. The highest BCUT2D eigenvalue weighted by Gasteiger charge is 2.34. The van der Waals surface area contributed by atoms with E-state index in [4.69, 9.17) is 47.6 Å². The molecule has 1 fully saturated rings. The zero-order valence-corrected chi connectivity index (χ0v) is 35.5. The lowest BCUT2D eigenvalue weighted by atomic mass is 9.98. The molecule has 3 aromatic heterocycles. The van der Waals surface area contributed by atoms with E-state index in [0.717, 1.165) is 91.4 Å². The molecule has 3 aromatic carbocycles. The molecule has 0 aliphatic carbocycles. The van der Waals surface area contributed by atoms with E-state index in [9.17, 15) is 4.79 Å². The van der Waals surface area contributed by atoms with Gasteiger partial charge in [0.15, 0.2) is 5.82 Å². The van der Waals surface area contributed by atoms with Gasteiger partial charge in [0.05, 0.1) is 60.8 Å². The lowest BCUT2D eigenvalue weighted by molar-refractivity contribution is 0.0361. The van der Waals surface area contributed by atoms with Crippen LogP contribution in [-0.4, -0.2) is 94.0 Å². The average molecular weight is 827 g/mol. The predicted octanol–water partition coefficient (Wildman–Crippen LogP) is 8.11. The Morgan fingerprint density at radius 3 is 2.34 bits per heavy atom. The van der Waals surface area contributed by atoms with Crippen LogP contribution in [0.5, 0.6) is 5.75 Å². The van der Waals surface area contributed by atoms with Crippen molar-refractivity contribution in [3.8, 4) is 16.9 Å². The Hall–Kier alpha value is -4.88. The first kappa shape index (κ1) is 39.9. The maximum absolute atomic E-state index is 15.4. The number of anilines is 1. The van der Waals surface area contributed by atoms with Gasteiger partial charge in [-0.3, -0.25) is 24.0 Å². The standard InChI is InChI=1S/C44H49Cl2N7O5/c1-26-23-31(24-27(2)39(26)46)58-20-7-9-32-33-12-13-35(45)38(37-28(3)47-49(5)29(37)4)40(33)51-14-8-15-52(43(54)41(32)51)42-34-11-10-30(44(55)56-6)25-36(34)53(48-42)17-16-50-18-21-57-22-19-50/h10-13,23-25H,7-9,14-22H2,1-6H3. The molecule has 0 bridgehead atoms. The SMILES string of the molecule is COC(=O)c1ccc2c(N3CCCn4c(c(CCCOc5cc(C)c(Cl)c(C)c5)c5ccc(Cl)c(-c6c(C)nn(C)c6C)c54)C3=O)nn(CCN3CCOCC3)c2c1. The van der Waals surface area contributed by atoms with E-state index in [2.05, 4.69) is 9.47 Å². The Bertz CT molecular complexity index is 2540. The Balaban J connectivity index is 1.23. The second-order valence-electron chi connectivity index (χ2n) is 15.3. The summed E-state index contributed by atoms with van der Waals surface area (Å²) in [6.07, 6.45) is 1.94. The highest BCUT2D eigenvalue weighted by molar-refractivity contribution is 6.35. The van der Waals surface area contributed by atoms with Crippen molar-refractivity contribution in [1.29, 1.82) is 0 Å². The Labute approximate surface area is 348 Å². The number of hydrogen-bond donors (Lipinski definition) is 0. The van der Waals surface area contributed by atoms with E-state index in [1.165, 1.54) is 7.11 Å². The molecule has 12 nitrogen and oxygen atoms in total. The number of aryl methyl sites for hydroxylation is 6. The molecule has 58 heavy (non-hydrogen) atoms. The molecular weight excluding hydrogens is 777 g/mol. The summed E-state index contributed by atoms with van der Waals surface area (Å²) in [6.45, 7) is 13.9. The minimum Gasteiger partial charge on any atom is -0.494 e. The fraction of sp³-hybridized carbons (Fsp3) is 0.409. The molecule has 0 atom stereocenters. The van der Waals surface area contributed by atoms with E-state index in [1.54, 1.807) is 6.07 Å². The Kier molecular flexibility index (Phi) is 11.3. The van der Waals surface area contributed by atoms with Crippen molar-refractivity contribution in [3.63, 3.8) is 0 Å². The first-order valence-electron chi connectivity index (χ1n) is 19.9. The molecular formula is C44H49Cl2N7O5. The van der Waals surface area contributed by atoms with Crippen molar-refractivity contribution in [2.45, 2.75) is 60.0 Å². The molecule has 8 rings (SSSR count). The van der Waals surface area contributed by atoms with Crippen LogP contribution in [0.3, 0.4) is 0 Å². The summed E-state index contributed by atoms with van der Waals surface area (Å²) in [4.78, 5) is 32.3. The van der Waals surface area contributed by atoms with Crippen molar-refractivity contribution < 1.29 is 23.8 Å². The lowest BCUT2D eigenvalue weighted by Gasteiger charge is -2.26. The van der Waals surface area contributed by atoms with E-state index >= 15 is 4.79 Å². The fourth-order valence-corrected chi connectivity index (χ4v) is 9.02. The van der Waals surface area contributed by atoms with E-state index in [0.29, 0.717) is 80.8 Å². The van der Waals surface area contributed by atoms with Crippen LogP contribution in [0.15, 0.2) is 42.5 Å². The molecule has 2 aliphatic heterocycles. The first-order chi connectivity index (χ1) is 28.0. The number of benzene rings is 3. The maximum Gasteiger partial charge on any atom is 0.337 e. The smallest absolute Gasteiger partial charge is 0.337 e. The van der Waals surface area contributed by atoms with Crippen LogP contribution in [0.2, 0.25) is 10.0 Å². The number of methoxy groups -OCH3 is 1. The lowest BCUT2D eigenvalue weighted by Crippen LogP contribution is -2.38. The minimum absolute atomic E-state index is 0.132. The quantitative estimate of drug-likeness (QED) is 0.0953. The number of amides is 1. The number of fused-ring (bicyclic) bond motifs is 4. The molecule has 1 amide bonds. The third-order valence-corrected chi connectivity index (χ3v) is 12.5. The molecule has 304 valence electrons. The van der Waals surface area contributed by atoms with Crippen molar-refractivity contribution in [3.05, 3.63) is 91.8 Å². The number of aromatic nitrogens is 5. The molecule has 1 saturated heterocycles. The van der Waals surface area contributed by atoms with Gasteiger partial charge in [0.25, 0.3) is 5.91 Å². The number of esters is 1. The minimum atomic E-state index is -0.428. The molecule has 0 N–H and O–H groups in total. The van der Waals surface area contributed by atoms with Gasteiger partial charge >= 0.3 is 5.97 Å². The van der Waals surface area contributed by atoms with E-state index in [-0.39, 0.29) is 5.91 Å². The third kappa shape index (κ3) is 7.25. The van der Waals surface area contributed by atoms with Gasteiger partial charge < -0.3 is 18.8 Å². The highest BCUT2D eigenvalue weighted by atomic mass is 35.5. The highest BCUT2D eigenvalue weighted by Crippen LogP contribution is 2.43. The monoisotopic (exact) mass is 825 g/mol. The maximum atomic E-state index is 15.4. The average Bonchev–Trinajstić information content (AvgIpc) is 3.78. The van der Waals surface area contributed by atoms with Crippen molar-refractivity contribution in [2.24, 2.45) is 7.05 Å². The summed E-state index contributed by atoms with van der Waals surface area (Å²) in [5.74, 6) is 0.776. The zero-order valence-electron chi connectivity index (χ0n) is 34.0. The van der Waals surface area contributed by atoms with Gasteiger partial charge in [-0.2, -0.15) is 10.2 Å². The number of carbonyl (C=O) groups excluding carboxylic acids is 2. The van der Waals surface area contributed by atoms with E-state index in [1.807, 2.05) is 85.4 Å². The van der Waals surface area contributed by atoms with Crippen LogP contribution in [0.4, 0.5) is 5.82 Å². The van der Waals surface area contributed by atoms with Crippen LogP contribution < -0.4 is 9.64 Å². The van der Waals surface area contributed by atoms with Crippen molar-refractivity contribution in [1.82, 2.24) is 29.0 Å². The summed E-state index contributed by atoms with van der Waals surface area (Å²) in [6, 6.07) is 13.4. The predicted molar refractivity (Wildman–Crippen MR) is 228 cm³/mol. The van der Waals surface area contributed by atoms with Gasteiger partial charge in [0, 0.05) is 72.4 Å². The van der Waals surface area contributed by atoms with Crippen LogP contribution in [-0.2, 0) is 36.0 Å². The van der Waals surface area contributed by atoms with Gasteiger partial charge in [-0.05, 0) is 100 Å². The van der Waals surface area contributed by atoms with Crippen LogP contribution >= 0.6 is 23.2 Å². The second-order valence-corrected chi connectivity index (χ2v) is 16.1. The summed E-state index contributed by atoms with van der Waals surface area (Å²) in [5.41, 5.74) is 9.34. The van der Waals surface area contributed by atoms with Crippen LogP contribution in [0, 0.1) is 27.7 Å². The fourth-order valence-electron chi connectivity index (χ4n) is 8.67. The van der Waals surface area contributed by atoms with Crippen LogP contribution in [0.1, 0.15) is 61.8 Å². The first-order valence-corrected chi connectivity index (χ1v) is 20.7. The summed E-state index contributed by atoms with van der Waals surface area (Å²) in [5, 5.41) is 13.0. The van der Waals surface area contributed by atoms with E-state index < -0.39 is 5.97 Å². The number of carbonyl (C=O) groups is 2. The number of morpholine rings is 1. The molecule has 0 radical (unpaired) electrons. The Morgan fingerprint density at radius 1 is 0.897 bits per heavy atom. The molecule has 2 aliphatic rings. The normalized spacial score (nSPS) is 15.0. The molecule has 14 heteroatoms. The van der Waals surface area contributed by atoms with Crippen LogP contribution in [0.25, 0.3) is 32.9 Å². The topological polar surface area (TPSA) is 109 Å². The molecule has 5 heterocycles. The summed E-state index contributed by atoms with van der Waals surface area (Å²) >= 11 is 13.6. The third-order valence-electron chi connectivity index (χ3n) is 11.6. The number of rotatable bonds is 11. The number of nitrogens with zero attached hydrogens (tertiary/aromatic N) is 7. The van der Waals surface area contributed by atoms with Gasteiger partial charge in [0.1, 0.15) is 11.4 Å². The number of halogens is 2. The van der Waals surface area contributed by atoms with Gasteiger partial charge in [0.2, 0.25) is 0 Å². The Morgan fingerprint density at radius 2 is 1.64 bits per heavy atom. The van der Waals surface area contributed by atoms with Gasteiger partial charge in [-0.15, -0.1) is 0 Å². The van der Waals surface area contributed by atoms with Gasteiger partial charge in [-0.1, -0.05) is 29.3 Å². The van der Waals surface area contributed by atoms with Gasteiger partial charge in [-0.25, -0.2) is 4.79 Å². The van der Waals surface area contributed by atoms with Crippen molar-refractivity contribution in [2.75, 3.05) is 58.0 Å². The number of ether oxygens (including phenoxy) is 3. The molecule has 6 aromatic rings. The van der Waals surface area contributed by atoms with Crippen molar-refractivity contribution >= 4 is 62.7 Å². The molecule has 0 saturated carbocycles. The zero-order chi connectivity index (χ0) is 40.8. The molecule has 0 spiro atoms. The summed E-state index contributed by atoms with van der Waals surface area (Å²) < 4.78 is 22.9.